The number of benzene rings is 1. The van der Waals surface area contributed by atoms with Crippen molar-refractivity contribution in [3.8, 4) is 10.4 Å². The predicted octanol–water partition coefficient (Wildman–Crippen LogP) is 3.11. The van der Waals surface area contributed by atoms with E-state index in [0.29, 0.717) is 19.7 Å². The Bertz CT molecular complexity index is 881. The Labute approximate surface area is 181 Å². The molecule has 1 aliphatic rings. The first-order valence-corrected chi connectivity index (χ1v) is 10.8. The van der Waals surface area contributed by atoms with Gasteiger partial charge in [0.1, 0.15) is 6.61 Å². The third-order valence-electron chi connectivity index (χ3n) is 5.11. The van der Waals surface area contributed by atoms with E-state index in [-0.39, 0.29) is 24.6 Å². The van der Waals surface area contributed by atoms with Gasteiger partial charge in [0, 0.05) is 44.7 Å². The average molecular weight is 432 g/mol. The van der Waals surface area contributed by atoms with Crippen molar-refractivity contribution in [3.63, 3.8) is 0 Å². The molecule has 1 aromatic carbocycles. The Morgan fingerprint density at radius 1 is 1.27 bits per heavy atom. The van der Waals surface area contributed by atoms with Gasteiger partial charge in [0.15, 0.2) is 0 Å². The maximum atomic E-state index is 12.8. The molecule has 0 saturated carbocycles. The molecule has 2 amide bonds. The molecule has 2 N–H and O–H groups in total. The summed E-state index contributed by atoms with van der Waals surface area (Å²) in [6.45, 7) is 4.39. The highest BCUT2D eigenvalue weighted by Crippen LogP contribution is 2.33. The summed E-state index contributed by atoms with van der Waals surface area (Å²) >= 11 is 1.52. The van der Waals surface area contributed by atoms with Crippen LogP contribution in [-0.4, -0.2) is 68.3 Å². The maximum Gasteiger partial charge on any atom is 0.409 e. The van der Waals surface area contributed by atoms with E-state index < -0.39 is 0 Å². The summed E-state index contributed by atoms with van der Waals surface area (Å²) < 4.78 is 10.00. The number of rotatable bonds is 7. The Balaban J connectivity index is 1.64. The number of ether oxygens (including phenoxy) is 2. The molecule has 0 bridgehead atoms. The van der Waals surface area contributed by atoms with Crippen molar-refractivity contribution in [2.24, 2.45) is 5.73 Å². The van der Waals surface area contributed by atoms with Gasteiger partial charge in [0.25, 0.3) is 5.91 Å². The Hall–Kier alpha value is -2.42. The van der Waals surface area contributed by atoms with E-state index in [1.165, 1.54) is 16.2 Å². The van der Waals surface area contributed by atoms with E-state index in [9.17, 15) is 9.59 Å². The van der Waals surface area contributed by atoms with Crippen LogP contribution in [0.2, 0.25) is 0 Å². The topological polar surface area (TPSA) is 85.1 Å². The first-order chi connectivity index (χ1) is 14.4. The quantitative estimate of drug-likeness (QED) is 0.681. The van der Waals surface area contributed by atoms with Crippen LogP contribution in [0.5, 0.6) is 0 Å². The second-order valence-electron chi connectivity index (χ2n) is 7.58. The summed E-state index contributed by atoms with van der Waals surface area (Å²) in [6.07, 6.45) is 0.480. The lowest BCUT2D eigenvalue weighted by atomic mass is 10.1. The van der Waals surface area contributed by atoms with Crippen LogP contribution in [0.3, 0.4) is 0 Å². The highest BCUT2D eigenvalue weighted by atomic mass is 32.1. The predicted molar refractivity (Wildman–Crippen MR) is 118 cm³/mol. The van der Waals surface area contributed by atoms with Crippen LogP contribution in [0.15, 0.2) is 30.3 Å². The molecule has 0 spiro atoms. The molecule has 3 rings (SSSR count). The van der Waals surface area contributed by atoms with Gasteiger partial charge in [-0.15, -0.1) is 11.3 Å². The van der Waals surface area contributed by atoms with E-state index in [2.05, 4.69) is 6.07 Å². The van der Waals surface area contributed by atoms with Gasteiger partial charge in [-0.1, -0.05) is 24.3 Å². The largest absolute Gasteiger partial charge is 0.447 e. The molecule has 0 radical (unpaired) electrons. The monoisotopic (exact) mass is 431 g/mol. The van der Waals surface area contributed by atoms with Crippen LogP contribution < -0.4 is 5.73 Å². The summed E-state index contributed by atoms with van der Waals surface area (Å²) in [4.78, 5) is 30.0. The van der Waals surface area contributed by atoms with E-state index >= 15 is 0 Å². The first-order valence-electron chi connectivity index (χ1n) is 10.0. The molecule has 2 aromatic rings. The van der Waals surface area contributed by atoms with E-state index in [1.807, 2.05) is 36.1 Å². The number of likely N-dealkylation sites (tertiary alicyclic amines) is 1. The molecule has 1 atom stereocenters. The molecular formula is C22H29N3O4S. The van der Waals surface area contributed by atoms with Crippen molar-refractivity contribution < 1.29 is 19.1 Å². The van der Waals surface area contributed by atoms with Gasteiger partial charge >= 0.3 is 6.09 Å². The van der Waals surface area contributed by atoms with Crippen LogP contribution in [0.25, 0.3) is 10.4 Å². The van der Waals surface area contributed by atoms with Gasteiger partial charge in [-0.25, -0.2) is 4.79 Å². The van der Waals surface area contributed by atoms with Crippen LogP contribution in [0.4, 0.5) is 4.79 Å². The summed E-state index contributed by atoms with van der Waals surface area (Å²) in [6, 6.07) is 10.2. The highest BCUT2D eigenvalue weighted by molar-refractivity contribution is 7.17. The molecule has 2 heterocycles. The molecule has 162 valence electrons. The van der Waals surface area contributed by atoms with Crippen molar-refractivity contribution >= 4 is 23.3 Å². The van der Waals surface area contributed by atoms with E-state index in [4.69, 9.17) is 15.2 Å². The molecule has 7 nitrogen and oxygen atoms in total. The minimum absolute atomic E-state index is 0.0712. The third kappa shape index (κ3) is 5.38. The third-order valence-corrected chi connectivity index (χ3v) is 6.38. The first kappa shape index (κ1) is 22.3. The lowest BCUT2D eigenvalue weighted by molar-refractivity contribution is 0.0758. The van der Waals surface area contributed by atoms with Gasteiger partial charge in [0.2, 0.25) is 0 Å². The minimum Gasteiger partial charge on any atom is -0.447 e. The Morgan fingerprint density at radius 2 is 2.00 bits per heavy atom. The lowest BCUT2D eigenvalue weighted by Crippen LogP contribution is -2.31. The van der Waals surface area contributed by atoms with Gasteiger partial charge in [-0.2, -0.15) is 0 Å². The van der Waals surface area contributed by atoms with Crippen LogP contribution in [-0.2, 0) is 16.0 Å². The molecule has 0 unspecified atom stereocenters. The smallest absolute Gasteiger partial charge is 0.409 e. The number of carbonyl (C=O) groups is 2. The highest BCUT2D eigenvalue weighted by Gasteiger charge is 2.27. The fraction of sp³-hybridized carbons (Fsp3) is 0.455. The van der Waals surface area contributed by atoms with Gasteiger partial charge in [-0.3, -0.25) is 4.79 Å². The van der Waals surface area contributed by atoms with Gasteiger partial charge < -0.3 is 25.0 Å². The van der Waals surface area contributed by atoms with Gasteiger partial charge in [-0.05, 0) is 36.1 Å². The second-order valence-corrected chi connectivity index (χ2v) is 8.64. The Kier molecular flexibility index (Phi) is 7.47. The summed E-state index contributed by atoms with van der Waals surface area (Å²) in [7, 11) is 3.27. The van der Waals surface area contributed by atoms with Crippen molar-refractivity contribution in [1.82, 2.24) is 9.80 Å². The zero-order chi connectivity index (χ0) is 21.7. The fourth-order valence-electron chi connectivity index (χ4n) is 3.39. The number of methoxy groups -OCH3 is 1. The molecule has 1 fully saturated rings. The number of nitrogens with two attached hydrogens (primary N) is 1. The summed E-state index contributed by atoms with van der Waals surface area (Å²) in [5.41, 5.74) is 8.98. The van der Waals surface area contributed by atoms with Crippen molar-refractivity contribution in [2.75, 3.05) is 40.5 Å². The number of nitrogens with zero attached hydrogens (tertiary/aromatic N) is 2. The minimum atomic E-state index is -0.380. The molecule has 1 aliphatic heterocycles. The van der Waals surface area contributed by atoms with Crippen molar-refractivity contribution in [2.45, 2.75) is 25.9 Å². The number of hydrogen-bond donors (Lipinski definition) is 1. The van der Waals surface area contributed by atoms with Crippen LogP contribution >= 0.6 is 11.3 Å². The number of aryl methyl sites for hydroxylation is 1. The molecule has 30 heavy (non-hydrogen) atoms. The van der Waals surface area contributed by atoms with Crippen molar-refractivity contribution in [1.29, 1.82) is 0 Å². The van der Waals surface area contributed by atoms with Crippen LogP contribution in [0, 0.1) is 6.92 Å². The zero-order valence-electron chi connectivity index (χ0n) is 17.7. The fourth-order valence-corrected chi connectivity index (χ4v) is 4.53. The van der Waals surface area contributed by atoms with Crippen molar-refractivity contribution in [3.05, 3.63) is 46.3 Å². The molecule has 8 heteroatoms. The van der Waals surface area contributed by atoms with Crippen LogP contribution in [0.1, 0.15) is 27.2 Å². The number of thiophene rings is 1. The normalized spacial score (nSPS) is 16.0. The van der Waals surface area contributed by atoms with Gasteiger partial charge in [0.05, 0.1) is 11.5 Å². The number of hydrogen-bond acceptors (Lipinski definition) is 6. The summed E-state index contributed by atoms with van der Waals surface area (Å²) in [5, 5.41) is 0. The number of amides is 2. The molecule has 0 aliphatic carbocycles. The van der Waals surface area contributed by atoms with E-state index in [1.54, 1.807) is 14.2 Å². The second kappa shape index (κ2) is 10.1. The molecular weight excluding hydrogens is 402 g/mol. The maximum absolute atomic E-state index is 12.8. The standard InChI is InChI=1S/C22H29N3O4S/c1-15-12-19(30-20(15)21(26)25-9-8-18(23)14-25)17-6-4-16(5-7-17)13-24(2)22(27)29-11-10-28-3/h4-7,12,18H,8-11,13-14,23H2,1-3H3/t18-/m0/s1. The number of carbonyl (C=O) groups excluding carboxylic acids is 2. The zero-order valence-corrected chi connectivity index (χ0v) is 18.5. The van der Waals surface area contributed by atoms with E-state index in [0.717, 1.165) is 39.4 Å². The molecule has 1 aromatic heterocycles. The summed E-state index contributed by atoms with van der Waals surface area (Å²) in [5.74, 6) is 0.0712. The Morgan fingerprint density at radius 3 is 2.63 bits per heavy atom. The lowest BCUT2D eigenvalue weighted by Gasteiger charge is -2.17. The SMILES string of the molecule is COCCOC(=O)N(C)Cc1ccc(-c2cc(C)c(C(=O)N3CC[C@H](N)C3)s2)cc1. The average Bonchev–Trinajstić information content (AvgIpc) is 3.34. The molecule has 1 saturated heterocycles.